The fourth-order valence-electron chi connectivity index (χ4n) is 2.84. The van der Waals surface area contributed by atoms with Crippen LogP contribution in [0.1, 0.15) is 23.3 Å². The standard InChI is InChI=1S/C16H16N2O4/c19-15(21-12-6-2-1-3-7-12)13-9-14-18(17-13)10-11-5-4-8-20-16(11)22-14/h1-3,6-7,9,11,16H,4-5,8,10H2. The summed E-state index contributed by atoms with van der Waals surface area (Å²) in [6.45, 7) is 1.43. The number of esters is 1. The van der Waals surface area contributed by atoms with Gasteiger partial charge in [-0.15, -0.1) is 0 Å². The van der Waals surface area contributed by atoms with E-state index in [4.69, 9.17) is 14.2 Å². The van der Waals surface area contributed by atoms with Crippen LogP contribution in [0.15, 0.2) is 36.4 Å². The number of aromatic nitrogens is 2. The van der Waals surface area contributed by atoms with Crippen LogP contribution in [0.3, 0.4) is 0 Å². The summed E-state index contributed by atoms with van der Waals surface area (Å²) in [6, 6.07) is 10.6. The van der Waals surface area contributed by atoms with Gasteiger partial charge in [0.2, 0.25) is 12.2 Å². The monoisotopic (exact) mass is 300 g/mol. The van der Waals surface area contributed by atoms with E-state index in [1.54, 1.807) is 22.9 Å². The van der Waals surface area contributed by atoms with Crippen molar-refractivity contribution in [2.24, 2.45) is 5.92 Å². The molecule has 3 heterocycles. The van der Waals surface area contributed by atoms with Crippen molar-refractivity contribution >= 4 is 5.97 Å². The Morgan fingerprint density at radius 3 is 3.05 bits per heavy atom. The Bertz CT molecular complexity index is 651. The lowest BCUT2D eigenvalue weighted by Crippen LogP contribution is -2.41. The second-order valence-corrected chi connectivity index (χ2v) is 5.51. The minimum absolute atomic E-state index is 0.226. The molecule has 114 valence electrons. The maximum absolute atomic E-state index is 12.2. The van der Waals surface area contributed by atoms with Crippen LogP contribution in [0.2, 0.25) is 0 Å². The number of ether oxygens (including phenoxy) is 3. The van der Waals surface area contributed by atoms with Crippen LogP contribution in [0.4, 0.5) is 0 Å². The Labute approximate surface area is 127 Å². The molecule has 0 aliphatic carbocycles. The molecule has 2 aliphatic rings. The van der Waals surface area contributed by atoms with E-state index in [1.165, 1.54) is 0 Å². The number of nitrogens with zero attached hydrogens (tertiary/aromatic N) is 2. The van der Waals surface area contributed by atoms with E-state index in [9.17, 15) is 4.79 Å². The number of rotatable bonds is 2. The van der Waals surface area contributed by atoms with Crippen molar-refractivity contribution in [1.82, 2.24) is 9.78 Å². The van der Waals surface area contributed by atoms with Gasteiger partial charge in [0.15, 0.2) is 5.69 Å². The first-order valence-electron chi connectivity index (χ1n) is 7.43. The number of hydrogen-bond acceptors (Lipinski definition) is 5. The fraction of sp³-hybridized carbons (Fsp3) is 0.375. The Hall–Kier alpha value is -2.34. The normalized spacial score (nSPS) is 23.1. The highest BCUT2D eigenvalue weighted by Crippen LogP contribution is 2.31. The summed E-state index contributed by atoms with van der Waals surface area (Å²) in [6.07, 6.45) is 1.86. The first kappa shape index (κ1) is 13.3. The summed E-state index contributed by atoms with van der Waals surface area (Å²) in [5.41, 5.74) is 0.248. The maximum atomic E-state index is 12.2. The van der Waals surface area contributed by atoms with E-state index in [-0.39, 0.29) is 12.0 Å². The molecule has 6 nitrogen and oxygen atoms in total. The SMILES string of the molecule is O=C(Oc1ccccc1)c1cc2n(n1)CC1CCCOC1O2. The number of carbonyl (C=O) groups excluding carboxylic acids is 1. The van der Waals surface area contributed by atoms with Gasteiger partial charge in [-0.2, -0.15) is 5.10 Å². The van der Waals surface area contributed by atoms with Crippen molar-refractivity contribution in [2.45, 2.75) is 25.7 Å². The third kappa shape index (κ3) is 2.46. The third-order valence-electron chi connectivity index (χ3n) is 3.94. The summed E-state index contributed by atoms with van der Waals surface area (Å²) in [7, 11) is 0. The van der Waals surface area contributed by atoms with Crippen LogP contribution in [-0.4, -0.2) is 28.6 Å². The zero-order chi connectivity index (χ0) is 14.9. The number of carbonyl (C=O) groups is 1. The molecule has 0 radical (unpaired) electrons. The average Bonchev–Trinajstić information content (AvgIpc) is 2.96. The Balaban J connectivity index is 1.52. The van der Waals surface area contributed by atoms with E-state index < -0.39 is 5.97 Å². The molecule has 2 aromatic rings. The van der Waals surface area contributed by atoms with Gasteiger partial charge in [0.05, 0.1) is 13.2 Å². The van der Waals surface area contributed by atoms with Crippen molar-refractivity contribution in [2.75, 3.05) is 6.61 Å². The lowest BCUT2D eigenvalue weighted by molar-refractivity contribution is -0.162. The Morgan fingerprint density at radius 2 is 2.18 bits per heavy atom. The predicted octanol–water partition coefficient (Wildman–Crippen LogP) is 2.25. The van der Waals surface area contributed by atoms with Gasteiger partial charge in [0.1, 0.15) is 5.75 Å². The van der Waals surface area contributed by atoms with E-state index in [0.717, 1.165) is 19.4 Å². The lowest BCUT2D eigenvalue weighted by Gasteiger charge is -2.35. The van der Waals surface area contributed by atoms with Gasteiger partial charge in [0, 0.05) is 12.0 Å². The first-order valence-corrected chi connectivity index (χ1v) is 7.43. The average molecular weight is 300 g/mol. The molecule has 1 aromatic heterocycles. The largest absolute Gasteiger partial charge is 0.448 e. The van der Waals surface area contributed by atoms with Crippen molar-refractivity contribution in [3.63, 3.8) is 0 Å². The highest BCUT2D eigenvalue weighted by Gasteiger charge is 2.34. The van der Waals surface area contributed by atoms with Crippen molar-refractivity contribution < 1.29 is 19.0 Å². The summed E-state index contributed by atoms with van der Waals surface area (Å²) in [5.74, 6) is 0.860. The van der Waals surface area contributed by atoms with Crippen molar-refractivity contribution in [3.8, 4) is 11.6 Å². The quantitative estimate of drug-likeness (QED) is 0.629. The van der Waals surface area contributed by atoms with Crippen LogP contribution < -0.4 is 9.47 Å². The predicted molar refractivity (Wildman–Crippen MR) is 76.7 cm³/mol. The second-order valence-electron chi connectivity index (χ2n) is 5.51. The molecule has 22 heavy (non-hydrogen) atoms. The van der Waals surface area contributed by atoms with Gasteiger partial charge in [-0.05, 0) is 25.0 Å². The van der Waals surface area contributed by atoms with E-state index in [2.05, 4.69) is 5.10 Å². The molecular weight excluding hydrogens is 284 g/mol. The summed E-state index contributed by atoms with van der Waals surface area (Å²) in [5, 5.41) is 4.30. The molecule has 4 rings (SSSR count). The summed E-state index contributed by atoms with van der Waals surface area (Å²) in [4.78, 5) is 12.2. The van der Waals surface area contributed by atoms with E-state index in [1.807, 2.05) is 18.2 Å². The van der Waals surface area contributed by atoms with Crippen molar-refractivity contribution in [3.05, 3.63) is 42.1 Å². The molecular formula is C16H16N2O4. The highest BCUT2D eigenvalue weighted by atomic mass is 16.7. The van der Waals surface area contributed by atoms with Crippen molar-refractivity contribution in [1.29, 1.82) is 0 Å². The Morgan fingerprint density at radius 1 is 1.32 bits per heavy atom. The van der Waals surface area contributed by atoms with Crippen LogP contribution in [0.5, 0.6) is 11.6 Å². The van der Waals surface area contributed by atoms with Gasteiger partial charge in [-0.1, -0.05) is 18.2 Å². The van der Waals surface area contributed by atoms with Crippen LogP contribution in [0, 0.1) is 5.92 Å². The smallest absolute Gasteiger partial charge is 0.364 e. The van der Waals surface area contributed by atoms with Gasteiger partial charge in [0.25, 0.3) is 0 Å². The van der Waals surface area contributed by atoms with Crippen LogP contribution in [0.25, 0.3) is 0 Å². The van der Waals surface area contributed by atoms with Crippen LogP contribution in [-0.2, 0) is 11.3 Å². The van der Waals surface area contributed by atoms with Crippen LogP contribution >= 0.6 is 0 Å². The molecule has 2 atom stereocenters. The van der Waals surface area contributed by atoms with Gasteiger partial charge in [-0.3, -0.25) is 0 Å². The molecule has 0 saturated carbocycles. The molecule has 0 spiro atoms. The lowest BCUT2D eigenvalue weighted by atomic mass is 10.00. The molecule has 0 amide bonds. The summed E-state index contributed by atoms with van der Waals surface area (Å²) < 4.78 is 18.4. The molecule has 0 bridgehead atoms. The molecule has 6 heteroatoms. The number of para-hydroxylation sites is 1. The van der Waals surface area contributed by atoms with Gasteiger partial charge < -0.3 is 14.2 Å². The zero-order valence-electron chi connectivity index (χ0n) is 12.0. The molecule has 2 unspecified atom stereocenters. The molecule has 2 aliphatic heterocycles. The van der Waals surface area contributed by atoms with E-state index >= 15 is 0 Å². The maximum Gasteiger partial charge on any atom is 0.364 e. The number of benzene rings is 1. The molecule has 1 aromatic carbocycles. The Kier molecular flexibility index (Phi) is 3.31. The van der Waals surface area contributed by atoms with Gasteiger partial charge >= 0.3 is 5.97 Å². The minimum Gasteiger partial charge on any atom is -0.448 e. The topological polar surface area (TPSA) is 62.6 Å². The third-order valence-corrected chi connectivity index (χ3v) is 3.94. The summed E-state index contributed by atoms with van der Waals surface area (Å²) >= 11 is 0. The second kappa shape index (κ2) is 5.46. The fourth-order valence-corrected chi connectivity index (χ4v) is 2.84. The first-order chi connectivity index (χ1) is 10.8. The molecule has 0 N–H and O–H groups in total. The number of fused-ring (bicyclic) bond motifs is 2. The highest BCUT2D eigenvalue weighted by molar-refractivity contribution is 5.89. The molecule has 1 fully saturated rings. The minimum atomic E-state index is -0.486. The molecule has 1 saturated heterocycles. The number of hydrogen-bond donors (Lipinski definition) is 0. The zero-order valence-corrected chi connectivity index (χ0v) is 12.0. The van der Waals surface area contributed by atoms with Gasteiger partial charge in [-0.25, -0.2) is 9.48 Å². The van der Waals surface area contributed by atoms with E-state index in [0.29, 0.717) is 24.1 Å².